The summed E-state index contributed by atoms with van der Waals surface area (Å²) < 4.78 is 7.56. The third kappa shape index (κ3) is 4.21. The zero-order valence-electron chi connectivity index (χ0n) is 19.6. The molecule has 34 heavy (non-hydrogen) atoms. The molecule has 0 saturated heterocycles. The van der Waals surface area contributed by atoms with Crippen molar-refractivity contribution in [2.24, 2.45) is 0 Å². The molecule has 3 aromatic heterocycles. The number of benzene rings is 1. The number of hydrogen-bond donors (Lipinski definition) is 3. The van der Waals surface area contributed by atoms with Gasteiger partial charge in [-0.2, -0.15) is 0 Å². The van der Waals surface area contributed by atoms with Crippen LogP contribution in [0.15, 0.2) is 47.4 Å². The lowest BCUT2D eigenvalue weighted by Gasteiger charge is -2.12. The second kappa shape index (κ2) is 8.48. The maximum absolute atomic E-state index is 12.4. The zero-order valence-corrected chi connectivity index (χ0v) is 19.6. The zero-order chi connectivity index (χ0) is 23.9. The van der Waals surface area contributed by atoms with Crippen molar-refractivity contribution in [3.63, 3.8) is 0 Å². The van der Waals surface area contributed by atoms with Gasteiger partial charge in [0.1, 0.15) is 23.6 Å². The number of fused-ring (bicyclic) bond motifs is 1. The molecule has 1 aromatic carbocycles. The number of urea groups is 1. The summed E-state index contributed by atoms with van der Waals surface area (Å²) in [5.41, 5.74) is 9.59. The van der Waals surface area contributed by atoms with E-state index in [1.165, 1.54) is 19.2 Å². The minimum Gasteiger partial charge on any atom is -0.383 e. The number of carbonyl (C=O) groups excluding carboxylic acids is 1. The summed E-state index contributed by atoms with van der Waals surface area (Å²) in [7, 11) is 0. The monoisotopic (exact) mass is 459 g/mol. The van der Waals surface area contributed by atoms with E-state index in [0.717, 1.165) is 35.0 Å². The molecule has 1 fully saturated rings. The van der Waals surface area contributed by atoms with Gasteiger partial charge in [-0.3, -0.25) is 5.32 Å². The first kappa shape index (κ1) is 21.9. The van der Waals surface area contributed by atoms with Crippen molar-refractivity contribution in [3.8, 4) is 11.1 Å². The van der Waals surface area contributed by atoms with Crippen molar-refractivity contribution in [1.29, 1.82) is 0 Å². The number of nitrogens with one attached hydrogen (secondary N) is 2. The van der Waals surface area contributed by atoms with E-state index in [1.54, 1.807) is 6.07 Å². The molecule has 0 spiro atoms. The summed E-state index contributed by atoms with van der Waals surface area (Å²) in [5, 5.41) is 10.3. The lowest BCUT2D eigenvalue weighted by Crippen LogP contribution is -2.19. The number of rotatable bonds is 4. The maximum atomic E-state index is 12.4. The number of hydrogen-bond acceptors (Lipinski definition) is 6. The van der Waals surface area contributed by atoms with Gasteiger partial charge in [0, 0.05) is 35.0 Å². The largest absolute Gasteiger partial charge is 0.383 e. The molecule has 4 aromatic rings. The molecular weight excluding hydrogens is 430 g/mol. The van der Waals surface area contributed by atoms with Crippen LogP contribution in [0.25, 0.3) is 22.2 Å². The molecule has 1 saturated carbocycles. The summed E-state index contributed by atoms with van der Waals surface area (Å²) in [6.45, 7) is 6.05. The Kier molecular flexibility index (Phi) is 5.47. The second-order valence-electron chi connectivity index (χ2n) is 9.83. The third-order valence-electron chi connectivity index (χ3n) is 6.30. The van der Waals surface area contributed by atoms with E-state index >= 15 is 0 Å². The topological polar surface area (TPSA) is 124 Å². The smallest absolute Gasteiger partial charge is 0.324 e. The van der Waals surface area contributed by atoms with Crippen molar-refractivity contribution in [2.75, 3.05) is 16.4 Å². The first-order chi connectivity index (χ1) is 16.3. The fourth-order valence-electron chi connectivity index (χ4n) is 4.49. The molecule has 4 N–H and O–H groups in total. The molecule has 0 unspecified atom stereocenters. The number of anilines is 3. The van der Waals surface area contributed by atoms with Crippen LogP contribution in [0.5, 0.6) is 0 Å². The summed E-state index contributed by atoms with van der Waals surface area (Å²) in [6.07, 6.45) is 8.42. The van der Waals surface area contributed by atoms with Crippen molar-refractivity contribution in [2.45, 2.75) is 57.9 Å². The molecule has 1 aliphatic carbocycles. The number of aromatic nitrogens is 4. The Morgan fingerprint density at radius 2 is 1.85 bits per heavy atom. The normalized spacial score (nSPS) is 14.6. The van der Waals surface area contributed by atoms with Crippen LogP contribution in [0.1, 0.15) is 58.3 Å². The number of nitrogens with zero attached hydrogens (tertiary/aromatic N) is 4. The van der Waals surface area contributed by atoms with E-state index < -0.39 is 6.03 Å². The van der Waals surface area contributed by atoms with Gasteiger partial charge >= 0.3 is 6.03 Å². The Morgan fingerprint density at radius 3 is 2.53 bits per heavy atom. The summed E-state index contributed by atoms with van der Waals surface area (Å²) in [4.78, 5) is 21.2. The predicted octanol–water partition coefficient (Wildman–Crippen LogP) is 5.73. The molecule has 0 bridgehead atoms. The Bertz CT molecular complexity index is 1330. The van der Waals surface area contributed by atoms with Gasteiger partial charge in [-0.25, -0.2) is 14.8 Å². The molecule has 3 heterocycles. The fourth-order valence-corrected chi connectivity index (χ4v) is 4.49. The van der Waals surface area contributed by atoms with Crippen LogP contribution < -0.4 is 16.4 Å². The summed E-state index contributed by atoms with van der Waals surface area (Å²) in [6, 6.07) is 9.42. The Morgan fingerprint density at radius 1 is 1.12 bits per heavy atom. The van der Waals surface area contributed by atoms with Gasteiger partial charge in [-0.15, -0.1) is 0 Å². The molecule has 2 amide bonds. The van der Waals surface area contributed by atoms with E-state index in [-0.39, 0.29) is 5.41 Å². The number of nitrogen functional groups attached to an aromatic ring is 1. The van der Waals surface area contributed by atoms with E-state index in [2.05, 4.69) is 36.5 Å². The maximum Gasteiger partial charge on any atom is 0.324 e. The average molecular weight is 460 g/mol. The van der Waals surface area contributed by atoms with Gasteiger partial charge in [0.05, 0.1) is 5.39 Å². The molecule has 9 heteroatoms. The van der Waals surface area contributed by atoms with E-state index in [4.69, 9.17) is 10.3 Å². The van der Waals surface area contributed by atoms with Crippen LogP contribution in [0.2, 0.25) is 0 Å². The second-order valence-corrected chi connectivity index (χ2v) is 9.83. The molecule has 0 radical (unpaired) electrons. The summed E-state index contributed by atoms with van der Waals surface area (Å²) >= 11 is 0. The number of amides is 2. The van der Waals surface area contributed by atoms with Crippen LogP contribution >= 0.6 is 0 Å². The van der Waals surface area contributed by atoms with Gasteiger partial charge in [-0.1, -0.05) is 50.9 Å². The van der Waals surface area contributed by atoms with Crippen molar-refractivity contribution in [1.82, 2.24) is 19.7 Å². The van der Waals surface area contributed by atoms with E-state index in [0.29, 0.717) is 29.1 Å². The number of carbonyl (C=O) groups is 1. The van der Waals surface area contributed by atoms with Crippen LogP contribution in [0.4, 0.5) is 22.1 Å². The molecule has 0 atom stereocenters. The van der Waals surface area contributed by atoms with Gasteiger partial charge in [0.25, 0.3) is 0 Å². The minimum absolute atomic E-state index is 0.186. The minimum atomic E-state index is -0.392. The summed E-state index contributed by atoms with van der Waals surface area (Å²) in [5.74, 6) is 1.54. The first-order valence-electron chi connectivity index (χ1n) is 11.6. The van der Waals surface area contributed by atoms with Crippen molar-refractivity contribution >= 4 is 34.4 Å². The predicted molar refractivity (Wildman–Crippen MR) is 133 cm³/mol. The Balaban J connectivity index is 1.35. The first-order valence-corrected chi connectivity index (χ1v) is 11.6. The molecule has 0 aliphatic heterocycles. The highest BCUT2D eigenvalue weighted by Crippen LogP contribution is 2.38. The highest BCUT2D eigenvalue weighted by atomic mass is 16.5. The van der Waals surface area contributed by atoms with E-state index in [9.17, 15) is 4.79 Å². The van der Waals surface area contributed by atoms with E-state index in [1.807, 2.05) is 45.0 Å². The standard InChI is InChI=1S/C25H29N7O2/c1-25(2,3)19-12-20(31-34-19)30-24(33)29-16-10-8-15(9-11-16)18-13-32(17-6-4-5-7-17)23-21(18)22(26)27-14-28-23/h8-14,17H,4-7H2,1-3H3,(H2,26,27,28)(H2,29,30,31,33). The van der Waals surface area contributed by atoms with Crippen molar-refractivity contribution < 1.29 is 9.32 Å². The average Bonchev–Trinajstić information content (AvgIpc) is 3.54. The van der Waals surface area contributed by atoms with Gasteiger partial charge in [0.15, 0.2) is 5.82 Å². The van der Waals surface area contributed by atoms with Crippen molar-refractivity contribution in [3.05, 3.63) is 48.6 Å². The van der Waals surface area contributed by atoms with Crippen LogP contribution in [-0.2, 0) is 5.41 Å². The lowest BCUT2D eigenvalue weighted by atomic mass is 9.93. The molecule has 176 valence electrons. The Labute approximate surface area is 197 Å². The molecule has 5 rings (SSSR count). The molecule has 9 nitrogen and oxygen atoms in total. The third-order valence-corrected chi connectivity index (χ3v) is 6.30. The van der Waals surface area contributed by atoms with Gasteiger partial charge in [0.2, 0.25) is 0 Å². The van der Waals surface area contributed by atoms with Gasteiger partial charge < -0.3 is 20.1 Å². The van der Waals surface area contributed by atoms with Crippen LogP contribution in [0.3, 0.4) is 0 Å². The molecule has 1 aliphatic rings. The molecular formula is C25H29N7O2. The SMILES string of the molecule is CC(C)(C)c1cc(NC(=O)Nc2ccc(-c3cn(C4CCCC4)c4ncnc(N)c34)cc2)no1. The van der Waals surface area contributed by atoms with Crippen LogP contribution in [0, 0.1) is 0 Å². The highest BCUT2D eigenvalue weighted by molar-refractivity contribution is 6.02. The lowest BCUT2D eigenvalue weighted by molar-refractivity contribution is 0.262. The highest BCUT2D eigenvalue weighted by Gasteiger charge is 2.23. The quantitative estimate of drug-likeness (QED) is 0.358. The fraction of sp³-hybridized carbons (Fsp3) is 0.360. The Hall–Kier alpha value is -3.88. The van der Waals surface area contributed by atoms with Crippen LogP contribution in [-0.4, -0.2) is 25.7 Å². The number of nitrogens with two attached hydrogens (primary N) is 1. The van der Waals surface area contributed by atoms with Gasteiger partial charge in [-0.05, 0) is 30.5 Å².